The van der Waals surface area contributed by atoms with E-state index in [0.29, 0.717) is 6.42 Å². The van der Waals surface area contributed by atoms with Crippen molar-refractivity contribution in [3.8, 4) is 0 Å². The minimum absolute atomic E-state index is 0.0513. The summed E-state index contributed by atoms with van der Waals surface area (Å²) in [4.78, 5) is 0. The summed E-state index contributed by atoms with van der Waals surface area (Å²) < 4.78 is 0. The first-order valence-electron chi connectivity index (χ1n) is 11.1. The van der Waals surface area contributed by atoms with Crippen molar-refractivity contribution in [2.24, 2.45) is 5.41 Å². The van der Waals surface area contributed by atoms with E-state index in [2.05, 4.69) is 20.8 Å². The average Bonchev–Trinajstić information content (AvgIpc) is 2.54. The van der Waals surface area contributed by atoms with Gasteiger partial charge in [-0.3, -0.25) is 0 Å². The SMILES string of the molecule is CCCCCCCCCCCCCCCCC(C)(C)[C](Cl)CC(C)O. The van der Waals surface area contributed by atoms with Gasteiger partial charge in [0.1, 0.15) is 0 Å². The van der Waals surface area contributed by atoms with Crippen molar-refractivity contribution in [1.82, 2.24) is 0 Å². The molecule has 1 radical (unpaired) electrons. The van der Waals surface area contributed by atoms with Crippen LogP contribution in [0.1, 0.15) is 130 Å². The number of unbranched alkanes of at least 4 members (excludes halogenated alkanes) is 13. The van der Waals surface area contributed by atoms with Crippen LogP contribution in [0, 0.1) is 10.8 Å². The number of hydrogen-bond acceptors (Lipinski definition) is 1. The molecule has 0 rings (SSSR count). The van der Waals surface area contributed by atoms with Crippen LogP contribution >= 0.6 is 11.6 Å². The quantitative estimate of drug-likeness (QED) is 0.239. The summed E-state index contributed by atoms with van der Waals surface area (Å²) in [6, 6.07) is 0. The molecule has 0 aromatic heterocycles. The van der Waals surface area contributed by atoms with Gasteiger partial charge < -0.3 is 5.11 Å². The second kappa shape index (κ2) is 16.4. The summed E-state index contributed by atoms with van der Waals surface area (Å²) in [5.41, 5.74) is 0.0513. The summed E-state index contributed by atoms with van der Waals surface area (Å²) >= 11 is 6.38. The second-order valence-corrected chi connectivity index (χ2v) is 9.14. The van der Waals surface area contributed by atoms with E-state index in [1.165, 1.54) is 89.9 Å². The third kappa shape index (κ3) is 16.2. The Hall–Kier alpha value is 0.250. The van der Waals surface area contributed by atoms with E-state index in [0.717, 1.165) is 11.8 Å². The molecule has 0 aromatic rings. The highest BCUT2D eigenvalue weighted by atomic mass is 35.5. The van der Waals surface area contributed by atoms with Crippen molar-refractivity contribution in [3.63, 3.8) is 0 Å². The van der Waals surface area contributed by atoms with E-state index in [9.17, 15) is 5.11 Å². The van der Waals surface area contributed by atoms with Crippen molar-refractivity contribution in [1.29, 1.82) is 0 Å². The fraction of sp³-hybridized carbons (Fsp3) is 0.957. The number of rotatable bonds is 18. The van der Waals surface area contributed by atoms with Crippen LogP contribution in [0.5, 0.6) is 0 Å². The van der Waals surface area contributed by atoms with Crippen LogP contribution in [0.3, 0.4) is 0 Å². The van der Waals surface area contributed by atoms with Gasteiger partial charge in [-0.15, -0.1) is 11.6 Å². The van der Waals surface area contributed by atoms with Gasteiger partial charge in [0.25, 0.3) is 0 Å². The number of aliphatic hydroxyl groups is 1. The monoisotopic (exact) mass is 373 g/mol. The van der Waals surface area contributed by atoms with Crippen molar-refractivity contribution >= 4 is 11.6 Å². The molecule has 0 heterocycles. The Morgan fingerprint density at radius 2 is 1.12 bits per heavy atom. The zero-order valence-corrected chi connectivity index (χ0v) is 18.5. The van der Waals surface area contributed by atoms with Crippen LogP contribution in [0.4, 0.5) is 0 Å². The summed E-state index contributed by atoms with van der Waals surface area (Å²) in [7, 11) is 0. The molecular formula is C23H46ClO. The highest BCUT2D eigenvalue weighted by Gasteiger charge is 2.28. The third-order valence-electron chi connectivity index (χ3n) is 5.36. The Bertz CT molecular complexity index is 275. The van der Waals surface area contributed by atoms with Gasteiger partial charge in [0.15, 0.2) is 0 Å². The van der Waals surface area contributed by atoms with Crippen LogP contribution in [-0.2, 0) is 0 Å². The number of aliphatic hydroxyl groups excluding tert-OH is 1. The molecule has 0 spiro atoms. The normalized spacial score (nSPS) is 13.6. The lowest BCUT2D eigenvalue weighted by atomic mass is 9.81. The molecule has 0 saturated carbocycles. The Kier molecular flexibility index (Phi) is 16.6. The van der Waals surface area contributed by atoms with E-state index >= 15 is 0 Å². The minimum Gasteiger partial charge on any atom is -0.393 e. The molecule has 1 unspecified atom stereocenters. The summed E-state index contributed by atoms with van der Waals surface area (Å²) in [6.07, 6.45) is 21.0. The lowest BCUT2D eigenvalue weighted by molar-refractivity contribution is 0.178. The molecule has 25 heavy (non-hydrogen) atoms. The van der Waals surface area contributed by atoms with Gasteiger partial charge in [0.2, 0.25) is 0 Å². The van der Waals surface area contributed by atoms with Crippen LogP contribution in [0.2, 0.25) is 0 Å². The van der Waals surface area contributed by atoms with Crippen LogP contribution in [0.15, 0.2) is 0 Å². The maximum absolute atomic E-state index is 9.48. The summed E-state index contributed by atoms with van der Waals surface area (Å²) in [5, 5.41) is 10.4. The lowest BCUT2D eigenvalue weighted by Gasteiger charge is -2.30. The summed E-state index contributed by atoms with van der Waals surface area (Å²) in [6.45, 7) is 8.51. The van der Waals surface area contributed by atoms with Crippen LogP contribution in [0.25, 0.3) is 0 Å². The zero-order chi connectivity index (χ0) is 19.0. The molecule has 0 aromatic carbocycles. The van der Waals surface area contributed by atoms with Gasteiger partial charge in [-0.1, -0.05) is 111 Å². The molecule has 151 valence electrons. The van der Waals surface area contributed by atoms with Crippen LogP contribution < -0.4 is 0 Å². The summed E-state index contributed by atoms with van der Waals surface area (Å²) in [5.74, 6) is 0. The molecule has 0 fully saturated rings. The largest absolute Gasteiger partial charge is 0.393 e. The third-order valence-corrected chi connectivity index (χ3v) is 6.03. The van der Waals surface area contributed by atoms with Gasteiger partial charge in [0, 0.05) is 0 Å². The van der Waals surface area contributed by atoms with Crippen molar-refractivity contribution < 1.29 is 5.11 Å². The Balaban J connectivity index is 3.36. The second-order valence-electron chi connectivity index (χ2n) is 8.69. The van der Waals surface area contributed by atoms with Crippen molar-refractivity contribution in [2.45, 2.75) is 137 Å². The van der Waals surface area contributed by atoms with E-state index in [-0.39, 0.29) is 11.5 Å². The molecule has 0 aliphatic carbocycles. The molecule has 0 amide bonds. The highest BCUT2D eigenvalue weighted by Crippen LogP contribution is 2.40. The van der Waals surface area contributed by atoms with E-state index < -0.39 is 0 Å². The number of halogens is 1. The molecule has 0 saturated heterocycles. The molecule has 1 N–H and O–H groups in total. The Morgan fingerprint density at radius 1 is 0.760 bits per heavy atom. The maximum atomic E-state index is 9.48. The van der Waals surface area contributed by atoms with Crippen molar-refractivity contribution in [3.05, 3.63) is 5.38 Å². The highest BCUT2D eigenvalue weighted by molar-refractivity contribution is 6.27. The van der Waals surface area contributed by atoms with E-state index in [1.807, 2.05) is 6.92 Å². The predicted octanol–water partition coefficient (Wildman–Crippen LogP) is 8.43. The minimum atomic E-state index is -0.330. The molecular weight excluding hydrogens is 328 g/mol. The van der Waals surface area contributed by atoms with E-state index in [4.69, 9.17) is 11.6 Å². The first-order chi connectivity index (χ1) is 11.9. The average molecular weight is 374 g/mol. The van der Waals surface area contributed by atoms with Gasteiger partial charge in [-0.25, -0.2) is 0 Å². The molecule has 2 heteroatoms. The zero-order valence-electron chi connectivity index (χ0n) is 17.7. The topological polar surface area (TPSA) is 20.2 Å². The first-order valence-corrected chi connectivity index (χ1v) is 11.5. The smallest absolute Gasteiger partial charge is 0.0719 e. The fourth-order valence-corrected chi connectivity index (χ4v) is 3.75. The number of hydrogen-bond donors (Lipinski definition) is 1. The standard InChI is InChI=1S/C23H46ClO/c1-5-6-7-8-9-10-11-12-13-14-15-16-17-18-19-23(3,4)22(24)20-21(2)25/h21,25H,5-20H2,1-4H3. The van der Waals surface area contributed by atoms with Crippen LogP contribution in [-0.4, -0.2) is 11.2 Å². The van der Waals surface area contributed by atoms with Gasteiger partial charge in [0.05, 0.1) is 11.5 Å². The molecule has 0 aliphatic heterocycles. The van der Waals surface area contributed by atoms with Gasteiger partial charge >= 0.3 is 0 Å². The van der Waals surface area contributed by atoms with Gasteiger partial charge in [-0.2, -0.15) is 0 Å². The maximum Gasteiger partial charge on any atom is 0.0719 e. The Labute approximate surface area is 164 Å². The predicted molar refractivity (Wildman–Crippen MR) is 114 cm³/mol. The lowest BCUT2D eigenvalue weighted by Crippen LogP contribution is -2.21. The van der Waals surface area contributed by atoms with Gasteiger partial charge in [-0.05, 0) is 25.2 Å². The van der Waals surface area contributed by atoms with Crippen molar-refractivity contribution in [2.75, 3.05) is 0 Å². The van der Waals surface area contributed by atoms with E-state index in [1.54, 1.807) is 0 Å². The molecule has 1 atom stereocenters. The first kappa shape index (κ1) is 25.2. The molecule has 0 aliphatic rings. The fourth-order valence-electron chi connectivity index (χ4n) is 3.43. The molecule has 0 bridgehead atoms. The Morgan fingerprint density at radius 3 is 1.48 bits per heavy atom. The molecule has 1 nitrogen and oxygen atoms in total.